The molecule has 0 saturated heterocycles. The average molecular weight is 247 g/mol. The Morgan fingerprint density at radius 1 is 0.923 bits per heavy atom. The monoisotopic (exact) mass is 246 g/mol. The molecule has 0 N–H and O–H groups in total. The molecule has 78 valence electrons. The van der Waals surface area contributed by atoms with Gasteiger partial charge in [0, 0.05) is 0 Å². The predicted octanol–water partition coefficient (Wildman–Crippen LogP) is 3.84. The van der Waals surface area contributed by atoms with Crippen molar-refractivity contribution >= 4 is 23.2 Å². The lowest BCUT2D eigenvalue weighted by Crippen LogP contribution is -2.20. The number of rotatable bonds is 1. The summed E-state index contributed by atoms with van der Waals surface area (Å²) in [6.07, 6.45) is -10.4. The lowest BCUT2D eigenvalue weighted by molar-refractivity contribution is -0.109. The second-order valence-electron chi connectivity index (χ2n) is 1.92. The van der Waals surface area contributed by atoms with Crippen LogP contribution in [0, 0.1) is 0 Å². The van der Waals surface area contributed by atoms with Crippen molar-refractivity contribution in [2.45, 2.75) is 12.4 Å². The number of allylic oxidation sites excluding steroid dienone is 2. The molecule has 0 unspecified atom stereocenters. The Kier molecular flexibility index (Phi) is 3.93. The molecule has 0 nitrogen and oxygen atoms in total. The molecule has 0 aromatic rings. The molecule has 0 radical (unpaired) electrons. The number of alkyl halides is 7. The summed E-state index contributed by atoms with van der Waals surface area (Å²) in [6.45, 7) is 0. The average Bonchev–Trinajstić information content (AvgIpc) is 1.83. The summed E-state index contributed by atoms with van der Waals surface area (Å²) in [5.74, 6) is -1.33. The van der Waals surface area contributed by atoms with Gasteiger partial charge in [0.1, 0.15) is 5.03 Å². The van der Waals surface area contributed by atoms with Gasteiger partial charge in [0.15, 0.2) is 0 Å². The second kappa shape index (κ2) is 3.96. The molecule has 0 heterocycles. The zero-order valence-electron chi connectivity index (χ0n) is 5.73. The molecule has 0 rings (SSSR count). The van der Waals surface area contributed by atoms with Crippen LogP contribution in [0.3, 0.4) is 0 Å². The first-order chi connectivity index (χ1) is 5.60. The van der Waals surface area contributed by atoms with Crippen LogP contribution in [0.25, 0.3) is 0 Å². The highest BCUT2D eigenvalue weighted by Crippen LogP contribution is 2.38. The molecule has 8 heteroatoms. The fourth-order valence-corrected chi connectivity index (χ4v) is 0.957. The first kappa shape index (κ1) is 12.9. The lowest BCUT2D eigenvalue weighted by atomic mass is 10.2. The zero-order valence-corrected chi connectivity index (χ0v) is 7.24. The van der Waals surface area contributed by atoms with Gasteiger partial charge in [-0.1, -0.05) is 11.6 Å². The molecule has 0 saturated carbocycles. The third-order valence-corrected chi connectivity index (χ3v) is 1.70. The van der Waals surface area contributed by atoms with E-state index >= 15 is 0 Å². The van der Waals surface area contributed by atoms with Crippen molar-refractivity contribution in [1.82, 2.24) is 0 Å². The molecule has 0 aliphatic carbocycles. The Hall–Kier alpha value is -0.100. The summed E-state index contributed by atoms with van der Waals surface area (Å²) in [7, 11) is 0. The predicted molar refractivity (Wildman–Crippen MR) is 35.7 cm³/mol. The number of hydrogen-bond donors (Lipinski definition) is 0. The van der Waals surface area contributed by atoms with Gasteiger partial charge in [-0.05, 0) is 0 Å². The first-order valence-electron chi connectivity index (χ1n) is 2.69. The summed E-state index contributed by atoms with van der Waals surface area (Å²) in [5.41, 5.74) is -1.98. The second-order valence-corrected chi connectivity index (χ2v) is 2.57. The molecule has 0 aromatic carbocycles. The summed E-state index contributed by atoms with van der Waals surface area (Å²) < 4.78 is 70.3. The Balaban J connectivity index is 5.16. The Morgan fingerprint density at radius 2 is 1.31 bits per heavy atom. The van der Waals surface area contributed by atoms with E-state index in [1.807, 2.05) is 0 Å². The van der Waals surface area contributed by atoms with Crippen LogP contribution in [0.2, 0.25) is 0 Å². The smallest absolute Gasteiger partial charge is 0.166 e. The van der Waals surface area contributed by atoms with Gasteiger partial charge in [-0.3, -0.25) is 0 Å². The van der Waals surface area contributed by atoms with Crippen molar-refractivity contribution in [3.05, 3.63) is 10.6 Å². The molecule has 0 aliphatic heterocycles. The Bertz CT molecular complexity index is 212. The molecule has 0 aliphatic rings. The molecule has 13 heavy (non-hydrogen) atoms. The van der Waals surface area contributed by atoms with E-state index in [0.717, 1.165) is 0 Å². The van der Waals surface area contributed by atoms with Crippen LogP contribution < -0.4 is 0 Å². The fourth-order valence-electron chi connectivity index (χ4n) is 0.430. The topological polar surface area (TPSA) is 0 Å². The minimum absolute atomic E-state index is 1.33. The van der Waals surface area contributed by atoms with Gasteiger partial charge in [0.05, 0.1) is 11.5 Å². The molecule has 0 spiro atoms. The van der Waals surface area contributed by atoms with Crippen molar-refractivity contribution < 1.29 is 26.3 Å². The maximum atomic E-state index is 11.8. The Morgan fingerprint density at radius 3 is 1.38 bits per heavy atom. The minimum atomic E-state index is -5.22. The lowest BCUT2D eigenvalue weighted by Gasteiger charge is -2.13. The minimum Gasteiger partial charge on any atom is -0.166 e. The van der Waals surface area contributed by atoms with Crippen molar-refractivity contribution in [3.8, 4) is 0 Å². The van der Waals surface area contributed by atoms with Gasteiger partial charge < -0.3 is 0 Å². The third-order valence-electron chi connectivity index (χ3n) is 0.990. The van der Waals surface area contributed by atoms with E-state index in [1.54, 1.807) is 0 Å². The normalized spacial score (nSPS) is 15.7. The highest BCUT2D eigenvalue weighted by Gasteiger charge is 2.44. The highest BCUT2D eigenvalue weighted by atomic mass is 35.5. The van der Waals surface area contributed by atoms with E-state index in [4.69, 9.17) is 11.6 Å². The maximum absolute atomic E-state index is 11.8. The SMILES string of the molecule is FC(F)(F)/C(Cl)=C(\CCl)C(F)(F)F. The molecular weight excluding hydrogens is 245 g/mol. The van der Waals surface area contributed by atoms with Crippen molar-refractivity contribution in [1.29, 1.82) is 0 Å². The molecule has 0 amide bonds. The zero-order chi connectivity index (χ0) is 10.9. The van der Waals surface area contributed by atoms with Gasteiger partial charge in [-0.2, -0.15) is 26.3 Å². The molecule has 0 aromatic heterocycles. The fraction of sp³-hybridized carbons (Fsp3) is 0.600. The summed E-state index contributed by atoms with van der Waals surface area (Å²) in [6, 6.07) is 0. The first-order valence-corrected chi connectivity index (χ1v) is 3.61. The standard InChI is InChI=1S/C5H2Cl2F6/c6-1-2(4(8,9)10)3(7)5(11,12)13/h1H2/b3-2-. The quantitative estimate of drug-likeness (QED) is 0.487. The summed E-state index contributed by atoms with van der Waals surface area (Å²) in [4.78, 5) is 0. The largest absolute Gasteiger partial charge is 0.427 e. The Labute approximate surface area is 79.1 Å². The van der Waals surface area contributed by atoms with Crippen molar-refractivity contribution in [2.75, 3.05) is 5.88 Å². The van der Waals surface area contributed by atoms with E-state index < -0.39 is 28.8 Å². The van der Waals surface area contributed by atoms with Gasteiger partial charge in [0.25, 0.3) is 0 Å². The van der Waals surface area contributed by atoms with Crippen LogP contribution in [0.5, 0.6) is 0 Å². The number of hydrogen-bond acceptors (Lipinski definition) is 0. The van der Waals surface area contributed by atoms with Crippen LogP contribution in [0.1, 0.15) is 0 Å². The summed E-state index contributed by atoms with van der Waals surface area (Å²) >= 11 is 9.15. The van der Waals surface area contributed by atoms with Gasteiger partial charge >= 0.3 is 12.4 Å². The molecular formula is C5H2Cl2F6. The van der Waals surface area contributed by atoms with Crippen LogP contribution in [0.4, 0.5) is 26.3 Å². The molecule has 0 fully saturated rings. The van der Waals surface area contributed by atoms with Crippen LogP contribution in [0.15, 0.2) is 10.6 Å². The van der Waals surface area contributed by atoms with Crippen molar-refractivity contribution in [2.24, 2.45) is 0 Å². The van der Waals surface area contributed by atoms with Gasteiger partial charge in [0.2, 0.25) is 0 Å². The molecule has 0 atom stereocenters. The van der Waals surface area contributed by atoms with Gasteiger partial charge in [-0.25, -0.2) is 0 Å². The van der Waals surface area contributed by atoms with Crippen LogP contribution in [-0.4, -0.2) is 18.2 Å². The third kappa shape index (κ3) is 3.64. The highest BCUT2D eigenvalue weighted by molar-refractivity contribution is 6.31. The van der Waals surface area contributed by atoms with E-state index in [0.29, 0.717) is 0 Å². The van der Waals surface area contributed by atoms with Gasteiger partial charge in [-0.15, -0.1) is 11.6 Å². The maximum Gasteiger partial charge on any atom is 0.427 e. The van der Waals surface area contributed by atoms with E-state index in [2.05, 4.69) is 11.6 Å². The van der Waals surface area contributed by atoms with E-state index in [9.17, 15) is 26.3 Å². The van der Waals surface area contributed by atoms with E-state index in [1.165, 1.54) is 0 Å². The molecule has 0 bridgehead atoms. The number of halogens is 8. The van der Waals surface area contributed by atoms with Crippen LogP contribution >= 0.6 is 23.2 Å². The van der Waals surface area contributed by atoms with Crippen LogP contribution in [-0.2, 0) is 0 Å². The van der Waals surface area contributed by atoms with E-state index in [-0.39, 0.29) is 0 Å². The van der Waals surface area contributed by atoms with Crippen molar-refractivity contribution in [3.63, 3.8) is 0 Å². The summed E-state index contributed by atoms with van der Waals surface area (Å²) in [5, 5.41) is -2.23.